The Bertz CT molecular complexity index is 738. The Morgan fingerprint density at radius 1 is 1.16 bits per heavy atom. The third kappa shape index (κ3) is 1.96. The van der Waals surface area contributed by atoms with Crippen molar-refractivity contribution in [3.05, 3.63) is 65.7 Å². The van der Waals surface area contributed by atoms with E-state index in [1.54, 1.807) is 29.3 Å². The maximum Gasteiger partial charge on any atom is 0.159 e. The molecule has 2 N–H and O–H groups in total. The molecular formula is C13H10F2N4. The van der Waals surface area contributed by atoms with Crippen LogP contribution in [0.1, 0.15) is 17.2 Å². The summed E-state index contributed by atoms with van der Waals surface area (Å²) in [5, 5.41) is 4.13. The van der Waals surface area contributed by atoms with Crippen molar-refractivity contribution in [2.75, 3.05) is 0 Å². The average Bonchev–Trinajstić information content (AvgIpc) is 2.85. The molecule has 0 saturated carbocycles. The number of fused-ring (bicyclic) bond motifs is 1. The molecule has 2 heterocycles. The van der Waals surface area contributed by atoms with Gasteiger partial charge in [0.1, 0.15) is 0 Å². The Morgan fingerprint density at radius 2 is 2.00 bits per heavy atom. The summed E-state index contributed by atoms with van der Waals surface area (Å²) in [5.74, 6) is -1.81. The zero-order chi connectivity index (χ0) is 13.4. The van der Waals surface area contributed by atoms with Crippen molar-refractivity contribution in [2.24, 2.45) is 5.73 Å². The van der Waals surface area contributed by atoms with E-state index in [-0.39, 0.29) is 0 Å². The van der Waals surface area contributed by atoms with Gasteiger partial charge in [-0.3, -0.25) is 4.98 Å². The minimum atomic E-state index is -0.914. The van der Waals surface area contributed by atoms with Crippen LogP contribution in [-0.4, -0.2) is 14.6 Å². The molecule has 1 atom stereocenters. The highest BCUT2D eigenvalue weighted by molar-refractivity contribution is 5.55. The van der Waals surface area contributed by atoms with Crippen molar-refractivity contribution in [3.63, 3.8) is 0 Å². The normalized spacial score (nSPS) is 12.8. The number of hydrogen-bond acceptors (Lipinski definition) is 3. The van der Waals surface area contributed by atoms with Crippen LogP contribution in [0.5, 0.6) is 0 Å². The molecule has 0 amide bonds. The molecule has 96 valence electrons. The fourth-order valence-corrected chi connectivity index (χ4v) is 1.98. The largest absolute Gasteiger partial charge is 0.320 e. The molecule has 0 saturated heterocycles. The lowest BCUT2D eigenvalue weighted by molar-refractivity contribution is 0.506. The molecule has 4 nitrogen and oxygen atoms in total. The van der Waals surface area contributed by atoms with Gasteiger partial charge in [0.05, 0.1) is 24.0 Å². The molecule has 3 aromatic rings. The highest BCUT2D eigenvalue weighted by Gasteiger charge is 2.16. The topological polar surface area (TPSA) is 56.2 Å². The fraction of sp³-hybridized carbons (Fsp3) is 0.0769. The van der Waals surface area contributed by atoms with Gasteiger partial charge in [0.15, 0.2) is 11.6 Å². The standard InChI is InChI=1S/C13H10F2N4/c14-10-2-1-8(5-11(10)15)13(16)9-6-18-19-4-3-17-7-12(9)19/h1-7,13H,16H2. The van der Waals surface area contributed by atoms with Crippen molar-refractivity contribution < 1.29 is 8.78 Å². The minimum Gasteiger partial charge on any atom is -0.320 e. The molecule has 0 fully saturated rings. The molecule has 0 aliphatic heterocycles. The van der Waals surface area contributed by atoms with Crippen molar-refractivity contribution in [3.8, 4) is 0 Å². The number of halogens is 2. The number of hydrogen-bond donors (Lipinski definition) is 1. The first-order chi connectivity index (χ1) is 9.16. The number of benzene rings is 1. The zero-order valence-corrected chi connectivity index (χ0v) is 9.79. The number of nitrogens with two attached hydrogens (primary N) is 1. The van der Waals surface area contributed by atoms with Gasteiger partial charge in [-0.2, -0.15) is 5.10 Å². The molecule has 19 heavy (non-hydrogen) atoms. The van der Waals surface area contributed by atoms with Gasteiger partial charge in [-0.25, -0.2) is 13.3 Å². The second-order valence-electron chi connectivity index (χ2n) is 4.16. The molecular weight excluding hydrogens is 250 g/mol. The van der Waals surface area contributed by atoms with Crippen molar-refractivity contribution >= 4 is 5.52 Å². The van der Waals surface area contributed by atoms with Crippen molar-refractivity contribution in [1.82, 2.24) is 14.6 Å². The molecule has 0 radical (unpaired) electrons. The van der Waals surface area contributed by atoms with Gasteiger partial charge in [-0.05, 0) is 17.7 Å². The lowest BCUT2D eigenvalue weighted by atomic mass is 10.0. The van der Waals surface area contributed by atoms with Crippen LogP contribution in [0, 0.1) is 11.6 Å². The third-order valence-corrected chi connectivity index (χ3v) is 2.99. The molecule has 0 aliphatic rings. The van der Waals surface area contributed by atoms with Gasteiger partial charge in [-0.1, -0.05) is 6.07 Å². The second-order valence-corrected chi connectivity index (χ2v) is 4.16. The zero-order valence-electron chi connectivity index (χ0n) is 9.79. The summed E-state index contributed by atoms with van der Waals surface area (Å²) in [6.07, 6.45) is 6.52. The monoisotopic (exact) mass is 260 g/mol. The number of rotatable bonds is 2. The Hall–Kier alpha value is -2.34. The van der Waals surface area contributed by atoms with E-state index in [4.69, 9.17) is 5.73 Å². The summed E-state index contributed by atoms with van der Waals surface area (Å²) in [6, 6.07) is 3.04. The highest BCUT2D eigenvalue weighted by Crippen LogP contribution is 2.24. The molecule has 1 unspecified atom stereocenters. The van der Waals surface area contributed by atoms with Gasteiger partial charge in [0, 0.05) is 18.0 Å². The Kier molecular flexibility index (Phi) is 2.72. The maximum atomic E-state index is 13.2. The first-order valence-corrected chi connectivity index (χ1v) is 5.64. The van der Waals surface area contributed by atoms with Crippen molar-refractivity contribution in [1.29, 1.82) is 0 Å². The fourth-order valence-electron chi connectivity index (χ4n) is 1.98. The minimum absolute atomic E-state index is 0.484. The maximum absolute atomic E-state index is 13.2. The number of nitrogens with zero attached hydrogens (tertiary/aromatic N) is 3. The van der Waals surface area contributed by atoms with Crippen LogP contribution in [0.4, 0.5) is 8.78 Å². The van der Waals surface area contributed by atoms with Crippen LogP contribution >= 0.6 is 0 Å². The van der Waals surface area contributed by atoms with E-state index in [1.807, 2.05) is 0 Å². The first-order valence-electron chi connectivity index (χ1n) is 5.64. The SMILES string of the molecule is NC(c1ccc(F)c(F)c1)c1cnn2ccncc12. The van der Waals surface area contributed by atoms with Gasteiger partial charge >= 0.3 is 0 Å². The van der Waals surface area contributed by atoms with E-state index in [0.29, 0.717) is 11.1 Å². The van der Waals surface area contributed by atoms with E-state index >= 15 is 0 Å². The van der Waals surface area contributed by atoms with E-state index < -0.39 is 17.7 Å². The molecule has 2 aromatic heterocycles. The first kappa shape index (κ1) is 11.7. The predicted molar refractivity (Wildman–Crippen MR) is 65.4 cm³/mol. The highest BCUT2D eigenvalue weighted by atomic mass is 19.2. The predicted octanol–water partition coefficient (Wildman–Crippen LogP) is 2.06. The lowest BCUT2D eigenvalue weighted by Crippen LogP contribution is -2.12. The summed E-state index contributed by atoms with van der Waals surface area (Å²) >= 11 is 0. The Labute approximate surface area is 107 Å². The summed E-state index contributed by atoms with van der Waals surface area (Å²) in [4.78, 5) is 4.00. The summed E-state index contributed by atoms with van der Waals surface area (Å²) in [6.45, 7) is 0. The molecule has 1 aromatic carbocycles. The van der Waals surface area contributed by atoms with Gasteiger partial charge in [0.2, 0.25) is 0 Å². The second kappa shape index (κ2) is 4.40. The van der Waals surface area contributed by atoms with Crippen LogP contribution in [0.25, 0.3) is 5.52 Å². The summed E-state index contributed by atoms with van der Waals surface area (Å²) < 4.78 is 27.8. The molecule has 0 aliphatic carbocycles. The average molecular weight is 260 g/mol. The van der Waals surface area contributed by atoms with Crippen LogP contribution < -0.4 is 5.73 Å². The van der Waals surface area contributed by atoms with Crippen LogP contribution in [0.15, 0.2) is 43.0 Å². The third-order valence-electron chi connectivity index (χ3n) is 2.99. The Balaban J connectivity index is 2.08. The van der Waals surface area contributed by atoms with Gasteiger partial charge < -0.3 is 5.73 Å². The Morgan fingerprint density at radius 3 is 2.79 bits per heavy atom. The molecule has 3 rings (SSSR count). The van der Waals surface area contributed by atoms with E-state index in [9.17, 15) is 8.78 Å². The van der Waals surface area contributed by atoms with Crippen LogP contribution in [-0.2, 0) is 0 Å². The number of aromatic nitrogens is 3. The van der Waals surface area contributed by atoms with Crippen LogP contribution in [0.2, 0.25) is 0 Å². The quantitative estimate of drug-likeness (QED) is 0.767. The molecule has 0 bridgehead atoms. The van der Waals surface area contributed by atoms with Crippen LogP contribution in [0.3, 0.4) is 0 Å². The summed E-state index contributed by atoms with van der Waals surface area (Å²) in [5.41, 5.74) is 8.00. The van der Waals surface area contributed by atoms with Gasteiger partial charge in [0.25, 0.3) is 0 Å². The van der Waals surface area contributed by atoms with E-state index in [1.165, 1.54) is 6.07 Å². The molecule has 6 heteroatoms. The summed E-state index contributed by atoms with van der Waals surface area (Å²) in [7, 11) is 0. The van der Waals surface area contributed by atoms with Crippen molar-refractivity contribution in [2.45, 2.75) is 6.04 Å². The van der Waals surface area contributed by atoms with Gasteiger partial charge in [-0.15, -0.1) is 0 Å². The van der Waals surface area contributed by atoms with E-state index in [2.05, 4.69) is 10.1 Å². The smallest absolute Gasteiger partial charge is 0.159 e. The molecule has 0 spiro atoms. The van der Waals surface area contributed by atoms with E-state index in [0.717, 1.165) is 17.6 Å². The lowest BCUT2D eigenvalue weighted by Gasteiger charge is -2.11.